The maximum atomic E-state index is 5.68. The van der Waals surface area contributed by atoms with Crippen LogP contribution in [0.2, 0.25) is 0 Å². The number of rotatable bonds is 7. The van der Waals surface area contributed by atoms with E-state index in [1.165, 1.54) is 0 Å². The van der Waals surface area contributed by atoms with Gasteiger partial charge >= 0.3 is 0 Å². The smallest absolute Gasteiger partial charge is 0.216 e. The van der Waals surface area contributed by atoms with Crippen molar-refractivity contribution < 1.29 is 14.2 Å². The van der Waals surface area contributed by atoms with Crippen LogP contribution < -0.4 is 9.47 Å². The highest BCUT2D eigenvalue weighted by Gasteiger charge is 2.23. The van der Waals surface area contributed by atoms with Crippen LogP contribution in [0.1, 0.15) is 44.2 Å². The standard InChI is InChI=1S/C17H22N4O3S/c1-3-22-13-8-7-12(10-15(13)23-4-2)11-18-21-16(19-20-17(21)25)14-6-5-9-24-14/h7-8,10-11,14H,3-6,9H2,1-2H3,(H,20,25)/b18-11-. The van der Waals surface area contributed by atoms with Crippen LogP contribution in [0.4, 0.5) is 0 Å². The molecule has 2 aromatic rings. The number of ether oxygens (including phenoxy) is 3. The molecule has 0 bridgehead atoms. The van der Waals surface area contributed by atoms with Crippen molar-refractivity contribution in [3.8, 4) is 11.5 Å². The van der Waals surface area contributed by atoms with E-state index in [1.54, 1.807) is 10.9 Å². The molecule has 0 radical (unpaired) electrons. The first-order valence-electron chi connectivity index (χ1n) is 8.45. The van der Waals surface area contributed by atoms with Crippen LogP contribution in [-0.4, -0.2) is 40.9 Å². The Hall–Kier alpha value is -2.19. The Kier molecular flexibility index (Phi) is 5.83. The molecular formula is C17H22N4O3S. The summed E-state index contributed by atoms with van der Waals surface area (Å²) in [7, 11) is 0. The van der Waals surface area contributed by atoms with Gasteiger partial charge in [0.05, 0.1) is 19.4 Å². The summed E-state index contributed by atoms with van der Waals surface area (Å²) in [6, 6.07) is 5.70. The quantitative estimate of drug-likeness (QED) is 0.603. The average Bonchev–Trinajstić information content (AvgIpc) is 3.25. The van der Waals surface area contributed by atoms with Crippen LogP contribution in [0.15, 0.2) is 23.3 Å². The molecule has 7 nitrogen and oxygen atoms in total. The van der Waals surface area contributed by atoms with Gasteiger partial charge in [-0.1, -0.05) is 0 Å². The molecule has 3 rings (SSSR count). The summed E-state index contributed by atoms with van der Waals surface area (Å²) in [4.78, 5) is 0. The topological polar surface area (TPSA) is 73.7 Å². The van der Waals surface area contributed by atoms with Gasteiger partial charge in [-0.05, 0) is 62.7 Å². The molecule has 0 saturated carbocycles. The molecule has 1 aromatic heterocycles. The summed E-state index contributed by atoms with van der Waals surface area (Å²) >= 11 is 5.28. The Balaban J connectivity index is 1.86. The second kappa shape index (κ2) is 8.26. The molecule has 134 valence electrons. The predicted octanol–water partition coefficient (Wildman–Crippen LogP) is 3.47. The number of nitrogens with one attached hydrogen (secondary N) is 1. The van der Waals surface area contributed by atoms with Crippen molar-refractivity contribution in [1.29, 1.82) is 0 Å². The van der Waals surface area contributed by atoms with Crippen LogP contribution in [0.25, 0.3) is 0 Å². The lowest BCUT2D eigenvalue weighted by Gasteiger charge is -2.11. The second-order valence-corrected chi connectivity index (χ2v) is 5.90. The maximum Gasteiger partial charge on any atom is 0.216 e. The van der Waals surface area contributed by atoms with E-state index in [0.717, 1.165) is 30.8 Å². The van der Waals surface area contributed by atoms with Crippen molar-refractivity contribution in [2.75, 3.05) is 19.8 Å². The Morgan fingerprint density at radius 3 is 2.88 bits per heavy atom. The zero-order chi connectivity index (χ0) is 17.6. The number of hydrogen-bond acceptors (Lipinski definition) is 6. The van der Waals surface area contributed by atoms with Gasteiger partial charge in [0.25, 0.3) is 0 Å². The Labute approximate surface area is 151 Å². The molecule has 8 heteroatoms. The number of aromatic amines is 1. The summed E-state index contributed by atoms with van der Waals surface area (Å²) in [5.41, 5.74) is 0.883. The molecule has 1 saturated heterocycles. The van der Waals surface area contributed by atoms with Crippen molar-refractivity contribution in [2.45, 2.75) is 32.8 Å². The molecule has 1 fully saturated rings. The van der Waals surface area contributed by atoms with Crippen LogP contribution in [-0.2, 0) is 4.74 Å². The van der Waals surface area contributed by atoms with E-state index in [2.05, 4.69) is 15.3 Å². The lowest BCUT2D eigenvalue weighted by atomic mass is 10.2. The average molecular weight is 362 g/mol. The van der Waals surface area contributed by atoms with Gasteiger partial charge < -0.3 is 14.2 Å². The first-order chi connectivity index (χ1) is 12.2. The van der Waals surface area contributed by atoms with Crippen molar-refractivity contribution in [3.05, 3.63) is 34.4 Å². The molecule has 1 aromatic carbocycles. The Morgan fingerprint density at radius 1 is 1.36 bits per heavy atom. The minimum atomic E-state index is -0.0654. The fourth-order valence-electron chi connectivity index (χ4n) is 2.68. The van der Waals surface area contributed by atoms with Crippen molar-refractivity contribution in [2.24, 2.45) is 5.10 Å². The third kappa shape index (κ3) is 4.08. The van der Waals surface area contributed by atoms with Crippen molar-refractivity contribution >= 4 is 18.4 Å². The van der Waals surface area contributed by atoms with E-state index in [4.69, 9.17) is 26.4 Å². The minimum Gasteiger partial charge on any atom is -0.490 e. The summed E-state index contributed by atoms with van der Waals surface area (Å²) in [5, 5.41) is 11.5. The van der Waals surface area contributed by atoms with E-state index in [-0.39, 0.29) is 6.10 Å². The van der Waals surface area contributed by atoms with Crippen LogP contribution in [0, 0.1) is 4.77 Å². The SMILES string of the molecule is CCOc1ccc(/C=N\n2c(C3CCCO3)n[nH]c2=S)cc1OCC. The number of H-pyrrole nitrogens is 1. The van der Waals surface area contributed by atoms with Crippen LogP contribution in [0.5, 0.6) is 11.5 Å². The van der Waals surface area contributed by atoms with Crippen LogP contribution in [0.3, 0.4) is 0 Å². The third-order valence-electron chi connectivity index (χ3n) is 3.78. The van der Waals surface area contributed by atoms with E-state index < -0.39 is 0 Å². The van der Waals surface area contributed by atoms with Crippen molar-refractivity contribution in [3.63, 3.8) is 0 Å². The van der Waals surface area contributed by atoms with E-state index in [0.29, 0.717) is 29.6 Å². The van der Waals surface area contributed by atoms with Crippen molar-refractivity contribution in [1.82, 2.24) is 14.9 Å². The summed E-state index contributed by atoms with van der Waals surface area (Å²) in [6.45, 7) is 5.78. The summed E-state index contributed by atoms with van der Waals surface area (Å²) in [5.74, 6) is 2.12. The molecule has 1 N–H and O–H groups in total. The lowest BCUT2D eigenvalue weighted by molar-refractivity contribution is 0.102. The first kappa shape index (κ1) is 17.6. The normalized spacial score (nSPS) is 17.3. The van der Waals surface area contributed by atoms with Gasteiger partial charge in [-0.15, -0.1) is 0 Å². The molecule has 1 aliphatic rings. The largest absolute Gasteiger partial charge is 0.490 e. The van der Waals surface area contributed by atoms with E-state index in [9.17, 15) is 0 Å². The first-order valence-corrected chi connectivity index (χ1v) is 8.86. The minimum absolute atomic E-state index is 0.0654. The van der Waals surface area contributed by atoms with Crippen LogP contribution >= 0.6 is 12.2 Å². The maximum absolute atomic E-state index is 5.68. The highest BCUT2D eigenvalue weighted by Crippen LogP contribution is 2.29. The van der Waals surface area contributed by atoms with Gasteiger partial charge in [-0.25, -0.2) is 0 Å². The molecule has 0 spiro atoms. The lowest BCUT2D eigenvalue weighted by Crippen LogP contribution is -2.05. The zero-order valence-corrected chi connectivity index (χ0v) is 15.2. The molecule has 2 heterocycles. The summed E-state index contributed by atoms with van der Waals surface area (Å²) < 4.78 is 19.0. The van der Waals surface area contributed by atoms with E-state index in [1.807, 2.05) is 32.0 Å². The number of aromatic nitrogens is 3. The number of hydrogen-bond donors (Lipinski definition) is 1. The van der Waals surface area contributed by atoms with Gasteiger partial charge in [0.1, 0.15) is 6.10 Å². The molecular weight excluding hydrogens is 340 g/mol. The predicted molar refractivity (Wildman–Crippen MR) is 97.1 cm³/mol. The number of benzene rings is 1. The molecule has 25 heavy (non-hydrogen) atoms. The zero-order valence-electron chi connectivity index (χ0n) is 14.4. The Morgan fingerprint density at radius 2 is 2.16 bits per heavy atom. The molecule has 0 aliphatic carbocycles. The highest BCUT2D eigenvalue weighted by atomic mass is 32.1. The fraction of sp³-hybridized carbons (Fsp3) is 0.471. The van der Waals surface area contributed by atoms with Gasteiger partial charge in [0.2, 0.25) is 4.77 Å². The van der Waals surface area contributed by atoms with Gasteiger partial charge in [-0.3, -0.25) is 5.10 Å². The highest BCUT2D eigenvalue weighted by molar-refractivity contribution is 7.71. The van der Waals surface area contributed by atoms with E-state index >= 15 is 0 Å². The third-order valence-corrected chi connectivity index (χ3v) is 4.05. The number of nitrogens with zero attached hydrogens (tertiary/aromatic N) is 3. The van der Waals surface area contributed by atoms with Gasteiger partial charge in [-0.2, -0.15) is 14.9 Å². The second-order valence-electron chi connectivity index (χ2n) is 5.52. The fourth-order valence-corrected chi connectivity index (χ4v) is 2.86. The van der Waals surface area contributed by atoms with Gasteiger partial charge in [0.15, 0.2) is 17.3 Å². The Bertz CT molecular complexity index is 793. The molecule has 1 atom stereocenters. The molecule has 1 aliphatic heterocycles. The molecule has 0 amide bonds. The molecule has 1 unspecified atom stereocenters. The monoisotopic (exact) mass is 362 g/mol. The summed E-state index contributed by atoms with van der Waals surface area (Å²) in [6.07, 6.45) is 3.60. The van der Waals surface area contributed by atoms with Gasteiger partial charge in [0, 0.05) is 6.61 Å².